The van der Waals surface area contributed by atoms with Crippen molar-refractivity contribution in [2.75, 3.05) is 25.0 Å². The van der Waals surface area contributed by atoms with Crippen molar-refractivity contribution < 1.29 is 9.59 Å². The Hall–Kier alpha value is -1.39. The van der Waals surface area contributed by atoms with E-state index in [9.17, 15) is 9.59 Å². The summed E-state index contributed by atoms with van der Waals surface area (Å²) < 4.78 is 0. The van der Waals surface area contributed by atoms with Crippen LogP contribution in [0.25, 0.3) is 0 Å². The van der Waals surface area contributed by atoms with Crippen molar-refractivity contribution in [3.05, 3.63) is 29.3 Å². The van der Waals surface area contributed by atoms with Gasteiger partial charge < -0.3 is 15.0 Å². The molecule has 1 fully saturated rings. The van der Waals surface area contributed by atoms with Crippen LogP contribution in [-0.2, 0) is 9.59 Å². The first-order chi connectivity index (χ1) is 9.67. The summed E-state index contributed by atoms with van der Waals surface area (Å²) in [4.78, 5) is 24.8. The van der Waals surface area contributed by atoms with Gasteiger partial charge in [0.2, 0.25) is 5.91 Å². The number of aldehydes is 1. The van der Waals surface area contributed by atoms with Crippen LogP contribution in [0.2, 0.25) is 5.02 Å². The van der Waals surface area contributed by atoms with Gasteiger partial charge in [0.05, 0.1) is 0 Å². The molecule has 108 valence electrons. The van der Waals surface area contributed by atoms with Gasteiger partial charge in [-0.2, -0.15) is 0 Å². The fourth-order valence-corrected chi connectivity index (χ4v) is 2.55. The molecule has 0 bridgehead atoms. The van der Waals surface area contributed by atoms with Crippen molar-refractivity contribution in [2.45, 2.75) is 19.3 Å². The standard InChI is InChI=1S/C15H19ClN2O2/c16-13-2-1-3-14(10-13)17-15(20)6-9-18-7-4-12(11-19)5-8-18/h1-3,10-12H,4-9H2,(H,17,20). The van der Waals surface area contributed by atoms with Gasteiger partial charge in [-0.1, -0.05) is 17.7 Å². The summed E-state index contributed by atoms with van der Waals surface area (Å²) >= 11 is 5.87. The Balaban J connectivity index is 1.72. The average molecular weight is 295 g/mol. The van der Waals surface area contributed by atoms with E-state index in [1.54, 1.807) is 12.1 Å². The van der Waals surface area contributed by atoms with Gasteiger partial charge in [0.25, 0.3) is 0 Å². The quantitative estimate of drug-likeness (QED) is 0.849. The van der Waals surface area contributed by atoms with Gasteiger partial charge in [0.1, 0.15) is 6.29 Å². The second kappa shape index (κ2) is 7.41. The summed E-state index contributed by atoms with van der Waals surface area (Å²) in [5, 5.41) is 3.45. The third-order valence-corrected chi connectivity index (χ3v) is 3.82. The van der Waals surface area contributed by atoms with Crippen LogP contribution in [-0.4, -0.2) is 36.7 Å². The van der Waals surface area contributed by atoms with E-state index < -0.39 is 0 Å². The molecule has 0 spiro atoms. The van der Waals surface area contributed by atoms with E-state index in [1.807, 2.05) is 12.1 Å². The third kappa shape index (κ3) is 4.62. The van der Waals surface area contributed by atoms with Crippen molar-refractivity contribution in [3.63, 3.8) is 0 Å². The van der Waals surface area contributed by atoms with E-state index in [1.165, 1.54) is 0 Å². The van der Waals surface area contributed by atoms with Crippen molar-refractivity contribution in [2.24, 2.45) is 5.92 Å². The Morgan fingerprint density at radius 2 is 2.15 bits per heavy atom. The van der Waals surface area contributed by atoms with Crippen LogP contribution in [0.1, 0.15) is 19.3 Å². The van der Waals surface area contributed by atoms with Crippen LogP contribution in [0.3, 0.4) is 0 Å². The van der Waals surface area contributed by atoms with Gasteiger partial charge in [-0.05, 0) is 44.1 Å². The second-order valence-corrected chi connectivity index (χ2v) is 5.56. The smallest absolute Gasteiger partial charge is 0.225 e. The Morgan fingerprint density at radius 1 is 1.40 bits per heavy atom. The topological polar surface area (TPSA) is 49.4 Å². The molecule has 1 aliphatic heterocycles. The molecule has 20 heavy (non-hydrogen) atoms. The highest BCUT2D eigenvalue weighted by Gasteiger charge is 2.18. The zero-order valence-electron chi connectivity index (χ0n) is 11.3. The molecule has 1 heterocycles. The van der Waals surface area contributed by atoms with E-state index in [4.69, 9.17) is 11.6 Å². The Labute approximate surface area is 124 Å². The second-order valence-electron chi connectivity index (χ2n) is 5.12. The lowest BCUT2D eigenvalue weighted by Gasteiger charge is -2.29. The normalized spacial score (nSPS) is 16.9. The van der Waals surface area contributed by atoms with E-state index >= 15 is 0 Å². The highest BCUT2D eigenvalue weighted by atomic mass is 35.5. The van der Waals surface area contributed by atoms with Crippen LogP contribution in [0.15, 0.2) is 24.3 Å². The predicted molar refractivity (Wildman–Crippen MR) is 79.9 cm³/mol. The highest BCUT2D eigenvalue weighted by Crippen LogP contribution is 2.16. The van der Waals surface area contributed by atoms with Crippen LogP contribution >= 0.6 is 11.6 Å². The molecular formula is C15H19ClN2O2. The number of halogens is 1. The van der Waals surface area contributed by atoms with Gasteiger partial charge in [-0.15, -0.1) is 0 Å². The molecule has 5 heteroatoms. The van der Waals surface area contributed by atoms with Crippen molar-refractivity contribution in [1.29, 1.82) is 0 Å². The highest BCUT2D eigenvalue weighted by molar-refractivity contribution is 6.30. The largest absolute Gasteiger partial charge is 0.326 e. The van der Waals surface area contributed by atoms with Gasteiger partial charge in [0.15, 0.2) is 0 Å². The van der Waals surface area contributed by atoms with E-state index in [2.05, 4.69) is 10.2 Å². The minimum atomic E-state index is -0.00947. The molecule has 1 aromatic rings. The lowest BCUT2D eigenvalue weighted by Crippen LogP contribution is -2.36. The van der Waals surface area contributed by atoms with Crippen molar-refractivity contribution in [3.8, 4) is 0 Å². The number of rotatable bonds is 5. The molecule has 2 rings (SSSR count). The number of carbonyl (C=O) groups is 2. The van der Waals surface area contributed by atoms with Crippen LogP contribution in [0, 0.1) is 5.92 Å². The predicted octanol–water partition coefficient (Wildman–Crippen LogP) is 2.58. The van der Waals surface area contributed by atoms with Gasteiger partial charge >= 0.3 is 0 Å². The number of nitrogens with one attached hydrogen (secondary N) is 1. The maximum absolute atomic E-state index is 11.8. The molecule has 0 atom stereocenters. The molecule has 1 aromatic carbocycles. The van der Waals surface area contributed by atoms with E-state index in [0.29, 0.717) is 11.4 Å². The number of hydrogen-bond donors (Lipinski definition) is 1. The number of amides is 1. The molecule has 1 amide bonds. The van der Waals surface area contributed by atoms with Crippen LogP contribution in [0.4, 0.5) is 5.69 Å². The van der Waals surface area contributed by atoms with Gasteiger partial charge in [-0.25, -0.2) is 0 Å². The van der Waals surface area contributed by atoms with Gasteiger partial charge in [0, 0.05) is 29.6 Å². The number of nitrogens with zero attached hydrogens (tertiary/aromatic N) is 1. The number of hydrogen-bond acceptors (Lipinski definition) is 3. The first-order valence-corrected chi connectivity index (χ1v) is 7.28. The Bertz CT molecular complexity index is 471. The first kappa shape index (κ1) is 15.0. The van der Waals surface area contributed by atoms with Crippen LogP contribution < -0.4 is 5.32 Å². The molecule has 1 N–H and O–H groups in total. The summed E-state index contributed by atoms with van der Waals surface area (Å²) in [5.74, 6) is 0.191. The summed E-state index contributed by atoms with van der Waals surface area (Å²) in [6.07, 6.45) is 3.31. The number of piperidine rings is 1. The molecule has 0 aliphatic carbocycles. The Kier molecular flexibility index (Phi) is 5.56. The average Bonchev–Trinajstić information content (AvgIpc) is 2.46. The minimum Gasteiger partial charge on any atom is -0.326 e. The lowest BCUT2D eigenvalue weighted by atomic mass is 9.98. The fourth-order valence-electron chi connectivity index (χ4n) is 2.36. The number of benzene rings is 1. The van der Waals surface area contributed by atoms with Crippen molar-refractivity contribution >= 4 is 29.5 Å². The fraction of sp³-hybridized carbons (Fsp3) is 0.467. The maximum Gasteiger partial charge on any atom is 0.225 e. The molecule has 0 unspecified atom stereocenters. The molecule has 0 saturated carbocycles. The van der Waals surface area contributed by atoms with Crippen LogP contribution in [0.5, 0.6) is 0 Å². The molecule has 0 aromatic heterocycles. The summed E-state index contributed by atoms with van der Waals surface area (Å²) in [5.41, 5.74) is 0.724. The number of carbonyl (C=O) groups excluding carboxylic acids is 2. The molecular weight excluding hydrogens is 276 g/mol. The first-order valence-electron chi connectivity index (χ1n) is 6.90. The SMILES string of the molecule is O=CC1CCN(CCC(=O)Nc2cccc(Cl)c2)CC1. The Morgan fingerprint density at radius 3 is 2.80 bits per heavy atom. The number of likely N-dealkylation sites (tertiary alicyclic amines) is 1. The van der Waals surface area contributed by atoms with E-state index in [-0.39, 0.29) is 11.8 Å². The zero-order valence-corrected chi connectivity index (χ0v) is 12.1. The molecule has 4 nitrogen and oxygen atoms in total. The molecule has 0 radical (unpaired) electrons. The summed E-state index contributed by atoms with van der Waals surface area (Å²) in [6.45, 7) is 2.53. The third-order valence-electron chi connectivity index (χ3n) is 3.59. The monoisotopic (exact) mass is 294 g/mol. The number of anilines is 1. The molecule has 1 aliphatic rings. The summed E-state index contributed by atoms with van der Waals surface area (Å²) in [7, 11) is 0. The zero-order chi connectivity index (χ0) is 14.4. The van der Waals surface area contributed by atoms with Crippen molar-refractivity contribution in [1.82, 2.24) is 4.90 Å². The van der Waals surface area contributed by atoms with E-state index in [0.717, 1.165) is 44.4 Å². The van der Waals surface area contributed by atoms with Gasteiger partial charge in [-0.3, -0.25) is 4.79 Å². The summed E-state index contributed by atoms with van der Waals surface area (Å²) in [6, 6.07) is 7.13. The maximum atomic E-state index is 11.8. The molecule has 1 saturated heterocycles. The minimum absolute atomic E-state index is 0.00947. The lowest BCUT2D eigenvalue weighted by molar-refractivity contribution is -0.117.